The second-order valence-corrected chi connectivity index (χ2v) is 6.37. The number of nitrogens with one attached hydrogen (secondary N) is 1. The predicted octanol–water partition coefficient (Wildman–Crippen LogP) is 2.78. The van der Waals surface area contributed by atoms with Crippen molar-refractivity contribution in [3.8, 4) is 5.75 Å². The minimum atomic E-state index is -0.0748. The summed E-state index contributed by atoms with van der Waals surface area (Å²) in [5.41, 5.74) is 0.916. The monoisotopic (exact) mass is 379 g/mol. The van der Waals surface area contributed by atoms with E-state index in [1.165, 1.54) is 6.26 Å². The number of ether oxygens (including phenoxy) is 1. The number of nitrogens with zero attached hydrogens (tertiary/aromatic N) is 4. The number of aromatic nitrogens is 2. The molecule has 2 aromatic heterocycles. The molecule has 0 bridgehead atoms. The summed E-state index contributed by atoms with van der Waals surface area (Å²) in [7, 11) is 1.64. The van der Waals surface area contributed by atoms with Crippen LogP contribution in [-0.2, 0) is 0 Å². The van der Waals surface area contributed by atoms with E-state index >= 15 is 0 Å². The normalized spacial score (nSPS) is 14.0. The number of methoxy groups -OCH3 is 1. The zero-order valence-corrected chi connectivity index (χ0v) is 15.5. The number of amides is 1. The Morgan fingerprint density at radius 1 is 1.11 bits per heavy atom. The first kappa shape index (κ1) is 17.8. The molecule has 4 rings (SSSR count). The molecule has 28 heavy (non-hydrogen) atoms. The van der Waals surface area contributed by atoms with Crippen molar-refractivity contribution in [1.29, 1.82) is 0 Å². The summed E-state index contributed by atoms with van der Waals surface area (Å²) < 4.78 is 10.4. The van der Waals surface area contributed by atoms with Gasteiger partial charge in [0.05, 0.1) is 13.4 Å². The molecule has 0 aliphatic carbocycles. The van der Waals surface area contributed by atoms with Crippen LogP contribution in [0, 0.1) is 0 Å². The van der Waals surface area contributed by atoms with Crippen LogP contribution < -0.4 is 15.0 Å². The van der Waals surface area contributed by atoms with Gasteiger partial charge in [-0.05, 0) is 36.4 Å². The van der Waals surface area contributed by atoms with E-state index in [-0.39, 0.29) is 5.91 Å². The van der Waals surface area contributed by atoms with Crippen LogP contribution in [0.3, 0.4) is 0 Å². The summed E-state index contributed by atoms with van der Waals surface area (Å²) in [5.74, 6) is 2.65. The Morgan fingerprint density at radius 3 is 2.57 bits per heavy atom. The first-order valence-corrected chi connectivity index (χ1v) is 9.04. The van der Waals surface area contributed by atoms with Gasteiger partial charge < -0.3 is 24.3 Å². The molecule has 1 aliphatic rings. The average Bonchev–Trinajstić information content (AvgIpc) is 3.29. The lowest BCUT2D eigenvalue weighted by atomic mass is 10.2. The van der Waals surface area contributed by atoms with E-state index in [0.717, 1.165) is 17.3 Å². The molecule has 8 heteroatoms. The fourth-order valence-electron chi connectivity index (χ4n) is 3.11. The third-order valence-electron chi connectivity index (χ3n) is 4.64. The fourth-order valence-corrected chi connectivity index (χ4v) is 3.11. The second-order valence-electron chi connectivity index (χ2n) is 6.37. The summed E-state index contributed by atoms with van der Waals surface area (Å²) in [5, 5.41) is 3.27. The van der Waals surface area contributed by atoms with Crippen molar-refractivity contribution in [2.45, 2.75) is 0 Å². The van der Waals surface area contributed by atoms with Gasteiger partial charge in [-0.25, -0.2) is 9.97 Å². The van der Waals surface area contributed by atoms with Gasteiger partial charge in [0, 0.05) is 37.9 Å². The van der Waals surface area contributed by atoms with Crippen molar-refractivity contribution >= 4 is 23.2 Å². The van der Waals surface area contributed by atoms with Crippen molar-refractivity contribution in [3.63, 3.8) is 0 Å². The van der Waals surface area contributed by atoms with Gasteiger partial charge in [-0.2, -0.15) is 0 Å². The molecular weight excluding hydrogens is 358 g/mol. The molecule has 1 N–H and O–H groups in total. The molecule has 8 nitrogen and oxygen atoms in total. The lowest BCUT2D eigenvalue weighted by Crippen LogP contribution is -2.49. The standard InChI is InChI=1S/C20H21N5O3/c1-27-16-6-4-15(5-7-16)23-18-13-19(22-14-21-18)24-8-10-25(11-9-24)20(26)17-3-2-12-28-17/h2-7,12-14H,8-11H2,1H3,(H,21,22,23). The minimum Gasteiger partial charge on any atom is -0.497 e. The molecule has 3 heterocycles. The Hall–Kier alpha value is -3.55. The maximum atomic E-state index is 12.4. The van der Waals surface area contributed by atoms with Crippen molar-refractivity contribution in [2.75, 3.05) is 43.5 Å². The Labute approximate surface area is 162 Å². The van der Waals surface area contributed by atoms with Gasteiger partial charge in [-0.15, -0.1) is 0 Å². The quantitative estimate of drug-likeness (QED) is 0.730. The van der Waals surface area contributed by atoms with Crippen molar-refractivity contribution in [1.82, 2.24) is 14.9 Å². The maximum absolute atomic E-state index is 12.4. The zero-order valence-electron chi connectivity index (χ0n) is 15.5. The highest BCUT2D eigenvalue weighted by Crippen LogP contribution is 2.22. The van der Waals surface area contributed by atoms with E-state index in [1.807, 2.05) is 30.3 Å². The number of hydrogen-bond donors (Lipinski definition) is 1. The molecule has 0 radical (unpaired) electrons. The first-order chi connectivity index (χ1) is 13.7. The molecule has 144 valence electrons. The van der Waals surface area contributed by atoms with Crippen LogP contribution in [0.5, 0.6) is 5.75 Å². The maximum Gasteiger partial charge on any atom is 0.289 e. The molecule has 1 saturated heterocycles. The van der Waals surface area contributed by atoms with Crippen molar-refractivity contribution < 1.29 is 13.9 Å². The molecule has 3 aromatic rings. The predicted molar refractivity (Wildman–Crippen MR) is 105 cm³/mol. The van der Waals surface area contributed by atoms with Crippen LogP contribution in [0.1, 0.15) is 10.6 Å². The Morgan fingerprint density at radius 2 is 1.89 bits per heavy atom. The lowest BCUT2D eigenvalue weighted by Gasteiger charge is -2.35. The number of anilines is 3. The van der Waals surface area contributed by atoms with E-state index in [4.69, 9.17) is 9.15 Å². The smallest absolute Gasteiger partial charge is 0.289 e. The molecule has 1 fully saturated rings. The van der Waals surface area contributed by atoms with Gasteiger partial charge in [0.2, 0.25) is 0 Å². The summed E-state index contributed by atoms with van der Waals surface area (Å²) in [4.78, 5) is 25.0. The minimum absolute atomic E-state index is 0.0748. The van der Waals surface area contributed by atoms with Gasteiger partial charge in [0.1, 0.15) is 23.7 Å². The molecule has 0 atom stereocenters. The number of furan rings is 1. The lowest BCUT2D eigenvalue weighted by molar-refractivity contribution is 0.0714. The average molecular weight is 379 g/mol. The number of piperazine rings is 1. The summed E-state index contributed by atoms with van der Waals surface area (Å²) >= 11 is 0. The van der Waals surface area contributed by atoms with Gasteiger partial charge in [-0.3, -0.25) is 4.79 Å². The summed E-state index contributed by atoms with van der Waals surface area (Å²) in [6.45, 7) is 2.63. The van der Waals surface area contributed by atoms with E-state index in [2.05, 4.69) is 20.2 Å². The van der Waals surface area contributed by atoms with E-state index < -0.39 is 0 Å². The summed E-state index contributed by atoms with van der Waals surface area (Å²) in [6, 6.07) is 13.0. The molecule has 0 unspecified atom stereocenters. The number of benzene rings is 1. The number of hydrogen-bond acceptors (Lipinski definition) is 7. The third kappa shape index (κ3) is 3.90. The molecule has 0 saturated carbocycles. The molecule has 0 spiro atoms. The van der Waals surface area contributed by atoms with E-state index in [1.54, 1.807) is 30.5 Å². The topological polar surface area (TPSA) is 83.7 Å². The fraction of sp³-hybridized carbons (Fsp3) is 0.250. The Balaban J connectivity index is 1.38. The van der Waals surface area contributed by atoms with Crippen LogP contribution in [0.2, 0.25) is 0 Å². The van der Waals surface area contributed by atoms with Crippen LogP contribution in [0.4, 0.5) is 17.3 Å². The highest BCUT2D eigenvalue weighted by Gasteiger charge is 2.24. The number of carbonyl (C=O) groups excluding carboxylic acids is 1. The first-order valence-electron chi connectivity index (χ1n) is 9.04. The van der Waals surface area contributed by atoms with Crippen LogP contribution in [0.15, 0.2) is 59.5 Å². The highest BCUT2D eigenvalue weighted by atomic mass is 16.5. The van der Waals surface area contributed by atoms with Gasteiger partial charge in [0.25, 0.3) is 5.91 Å². The van der Waals surface area contributed by atoms with E-state index in [0.29, 0.717) is 37.8 Å². The zero-order chi connectivity index (χ0) is 19.3. The molecular formula is C20H21N5O3. The molecule has 1 amide bonds. The number of rotatable bonds is 5. The Bertz CT molecular complexity index is 919. The SMILES string of the molecule is COc1ccc(Nc2cc(N3CCN(C(=O)c4ccco4)CC3)ncn2)cc1. The Kier molecular flexibility index (Phi) is 5.09. The summed E-state index contributed by atoms with van der Waals surface area (Å²) in [6.07, 6.45) is 3.06. The second kappa shape index (κ2) is 7.99. The molecule has 1 aliphatic heterocycles. The van der Waals surface area contributed by atoms with Crippen LogP contribution in [0.25, 0.3) is 0 Å². The van der Waals surface area contributed by atoms with Crippen LogP contribution >= 0.6 is 0 Å². The van der Waals surface area contributed by atoms with Gasteiger partial charge >= 0.3 is 0 Å². The van der Waals surface area contributed by atoms with E-state index in [9.17, 15) is 4.79 Å². The molecule has 1 aromatic carbocycles. The van der Waals surface area contributed by atoms with Crippen molar-refractivity contribution in [2.24, 2.45) is 0 Å². The number of carbonyl (C=O) groups is 1. The third-order valence-corrected chi connectivity index (χ3v) is 4.64. The van der Waals surface area contributed by atoms with Gasteiger partial charge in [-0.1, -0.05) is 0 Å². The van der Waals surface area contributed by atoms with Gasteiger partial charge in [0.15, 0.2) is 5.76 Å². The highest BCUT2D eigenvalue weighted by molar-refractivity contribution is 5.91. The van der Waals surface area contributed by atoms with Crippen LogP contribution in [-0.4, -0.2) is 54.1 Å². The largest absolute Gasteiger partial charge is 0.497 e. The van der Waals surface area contributed by atoms with Crippen molar-refractivity contribution in [3.05, 3.63) is 60.8 Å².